The second-order valence-corrected chi connectivity index (χ2v) is 6.19. The molecular weight excluding hydrogens is 343 g/mol. The Hall–Kier alpha value is -2.70. The van der Waals surface area contributed by atoms with Crippen LogP contribution in [0.2, 0.25) is 0 Å². The van der Waals surface area contributed by atoms with Gasteiger partial charge in [-0.1, -0.05) is 37.3 Å². The number of nitrogens with zero attached hydrogens (tertiary/aromatic N) is 1. The van der Waals surface area contributed by atoms with E-state index in [0.29, 0.717) is 12.0 Å². The summed E-state index contributed by atoms with van der Waals surface area (Å²) in [7, 11) is 0. The SMILES string of the molecule is CCc1cccc(NC(N)=NC2CC2c2ccccc2OC(F)(F)F)c1. The van der Waals surface area contributed by atoms with Crippen LogP contribution in [0.4, 0.5) is 18.9 Å². The lowest BCUT2D eigenvalue weighted by molar-refractivity contribution is -0.274. The minimum atomic E-state index is -4.71. The fourth-order valence-corrected chi connectivity index (χ4v) is 2.89. The van der Waals surface area contributed by atoms with Gasteiger partial charge in [0.25, 0.3) is 0 Å². The third kappa shape index (κ3) is 4.68. The molecular formula is C19H20F3N3O. The molecule has 4 nitrogen and oxygen atoms in total. The number of ether oxygens (including phenoxy) is 1. The highest BCUT2D eigenvalue weighted by Gasteiger charge is 2.42. The molecule has 1 aliphatic rings. The number of aliphatic imine (C=N–C) groups is 1. The second-order valence-electron chi connectivity index (χ2n) is 6.19. The number of para-hydroxylation sites is 1. The van der Waals surface area contributed by atoms with E-state index in [1.165, 1.54) is 17.7 Å². The van der Waals surface area contributed by atoms with E-state index in [2.05, 4.69) is 22.0 Å². The molecule has 0 heterocycles. The number of hydrogen-bond donors (Lipinski definition) is 2. The van der Waals surface area contributed by atoms with Crippen LogP contribution in [0.25, 0.3) is 0 Å². The van der Waals surface area contributed by atoms with Crippen LogP contribution in [-0.4, -0.2) is 18.4 Å². The molecule has 0 amide bonds. The van der Waals surface area contributed by atoms with Crippen molar-refractivity contribution in [3.8, 4) is 5.75 Å². The average molecular weight is 363 g/mol. The van der Waals surface area contributed by atoms with Gasteiger partial charge < -0.3 is 15.8 Å². The Morgan fingerprint density at radius 3 is 2.73 bits per heavy atom. The van der Waals surface area contributed by atoms with Crippen LogP contribution >= 0.6 is 0 Å². The van der Waals surface area contributed by atoms with Gasteiger partial charge in [0.05, 0.1) is 6.04 Å². The molecule has 0 spiro atoms. The number of rotatable bonds is 5. The van der Waals surface area contributed by atoms with Gasteiger partial charge in [0, 0.05) is 11.6 Å². The Morgan fingerprint density at radius 2 is 2.00 bits per heavy atom. The zero-order chi connectivity index (χ0) is 18.7. The maximum atomic E-state index is 12.5. The van der Waals surface area contributed by atoms with E-state index < -0.39 is 6.36 Å². The Bertz CT molecular complexity index is 805. The van der Waals surface area contributed by atoms with Gasteiger partial charge in [-0.3, -0.25) is 0 Å². The summed E-state index contributed by atoms with van der Waals surface area (Å²) in [4.78, 5) is 4.38. The first-order valence-corrected chi connectivity index (χ1v) is 8.39. The van der Waals surface area contributed by atoms with Gasteiger partial charge in [-0.15, -0.1) is 13.2 Å². The Balaban J connectivity index is 1.68. The van der Waals surface area contributed by atoms with Crippen LogP contribution in [0.15, 0.2) is 53.5 Å². The number of anilines is 1. The number of nitrogens with two attached hydrogens (primary N) is 1. The van der Waals surface area contributed by atoms with Crippen LogP contribution in [-0.2, 0) is 6.42 Å². The van der Waals surface area contributed by atoms with E-state index in [4.69, 9.17) is 5.73 Å². The van der Waals surface area contributed by atoms with Crippen molar-refractivity contribution in [3.63, 3.8) is 0 Å². The number of benzene rings is 2. The number of aryl methyl sites for hydroxylation is 1. The van der Waals surface area contributed by atoms with Gasteiger partial charge in [0.1, 0.15) is 5.75 Å². The molecule has 0 aliphatic heterocycles. The van der Waals surface area contributed by atoms with E-state index in [-0.39, 0.29) is 23.7 Å². The number of alkyl halides is 3. The van der Waals surface area contributed by atoms with E-state index in [0.717, 1.165) is 12.1 Å². The van der Waals surface area contributed by atoms with Gasteiger partial charge in [0.15, 0.2) is 5.96 Å². The fourth-order valence-electron chi connectivity index (χ4n) is 2.89. The summed E-state index contributed by atoms with van der Waals surface area (Å²) in [5.41, 5.74) is 8.45. The van der Waals surface area contributed by atoms with Gasteiger partial charge in [0.2, 0.25) is 0 Å². The molecule has 138 valence electrons. The third-order valence-electron chi connectivity index (χ3n) is 4.21. The summed E-state index contributed by atoms with van der Waals surface area (Å²) >= 11 is 0. The average Bonchev–Trinajstić information content (AvgIpc) is 3.32. The van der Waals surface area contributed by atoms with E-state index in [9.17, 15) is 13.2 Å². The molecule has 1 fully saturated rings. The van der Waals surface area contributed by atoms with Crippen molar-refractivity contribution < 1.29 is 17.9 Å². The molecule has 3 rings (SSSR count). The predicted molar refractivity (Wildman–Crippen MR) is 95.3 cm³/mol. The minimum absolute atomic E-state index is 0.129. The number of nitrogens with one attached hydrogen (secondary N) is 1. The molecule has 0 bridgehead atoms. The van der Waals surface area contributed by atoms with Crippen molar-refractivity contribution in [2.45, 2.75) is 38.1 Å². The molecule has 2 unspecified atom stereocenters. The second kappa shape index (κ2) is 7.27. The van der Waals surface area contributed by atoms with Crippen LogP contribution in [0.1, 0.15) is 30.4 Å². The van der Waals surface area contributed by atoms with Crippen molar-refractivity contribution in [3.05, 3.63) is 59.7 Å². The minimum Gasteiger partial charge on any atom is -0.405 e. The first-order chi connectivity index (χ1) is 12.4. The summed E-state index contributed by atoms with van der Waals surface area (Å²) in [5.74, 6) is -0.0549. The summed E-state index contributed by atoms with van der Waals surface area (Å²) < 4.78 is 41.7. The first kappa shape index (κ1) is 18.1. The summed E-state index contributed by atoms with van der Waals surface area (Å²) in [6.45, 7) is 2.06. The smallest absolute Gasteiger partial charge is 0.405 e. The van der Waals surface area contributed by atoms with Crippen LogP contribution in [0.3, 0.4) is 0 Å². The van der Waals surface area contributed by atoms with E-state index in [1.54, 1.807) is 12.1 Å². The molecule has 1 saturated carbocycles. The lowest BCUT2D eigenvalue weighted by Gasteiger charge is -2.12. The van der Waals surface area contributed by atoms with Crippen molar-refractivity contribution >= 4 is 11.6 Å². The summed E-state index contributed by atoms with van der Waals surface area (Å²) in [6.07, 6.45) is -3.17. The van der Waals surface area contributed by atoms with Crippen molar-refractivity contribution in [1.82, 2.24) is 0 Å². The maximum Gasteiger partial charge on any atom is 0.573 e. The molecule has 1 aliphatic carbocycles. The molecule has 3 N–H and O–H groups in total. The number of halogens is 3. The molecule has 7 heteroatoms. The zero-order valence-electron chi connectivity index (χ0n) is 14.3. The molecule has 26 heavy (non-hydrogen) atoms. The lowest BCUT2D eigenvalue weighted by Crippen LogP contribution is -2.23. The largest absolute Gasteiger partial charge is 0.573 e. The molecule has 0 radical (unpaired) electrons. The van der Waals surface area contributed by atoms with Crippen LogP contribution in [0.5, 0.6) is 5.75 Å². The van der Waals surface area contributed by atoms with E-state index >= 15 is 0 Å². The number of hydrogen-bond acceptors (Lipinski definition) is 2. The van der Waals surface area contributed by atoms with Crippen LogP contribution < -0.4 is 15.8 Å². The summed E-state index contributed by atoms with van der Waals surface area (Å²) in [5, 5.41) is 3.03. The molecule has 0 saturated heterocycles. The highest BCUT2D eigenvalue weighted by molar-refractivity contribution is 5.92. The standard InChI is InChI=1S/C19H20F3N3O/c1-2-12-6-5-7-13(10-12)24-18(23)25-16-11-15(16)14-8-3-4-9-17(14)26-19(20,21)22/h3-10,15-16H,2,11H2,1H3,(H3,23,24,25). The highest BCUT2D eigenvalue weighted by atomic mass is 19.4. The quantitative estimate of drug-likeness (QED) is 0.610. The van der Waals surface area contributed by atoms with Crippen molar-refractivity contribution in [2.75, 3.05) is 5.32 Å². The Labute approximate surface area is 149 Å². The monoisotopic (exact) mass is 363 g/mol. The zero-order valence-corrected chi connectivity index (χ0v) is 14.3. The normalized spacial score (nSPS) is 19.9. The van der Waals surface area contributed by atoms with Crippen molar-refractivity contribution in [1.29, 1.82) is 0 Å². The summed E-state index contributed by atoms with van der Waals surface area (Å²) in [6, 6.07) is 13.8. The highest BCUT2D eigenvalue weighted by Crippen LogP contribution is 2.47. The number of guanidine groups is 1. The molecule has 2 aromatic carbocycles. The third-order valence-corrected chi connectivity index (χ3v) is 4.21. The Morgan fingerprint density at radius 1 is 1.23 bits per heavy atom. The van der Waals surface area contributed by atoms with Gasteiger partial charge in [-0.2, -0.15) is 0 Å². The van der Waals surface area contributed by atoms with Gasteiger partial charge >= 0.3 is 6.36 Å². The molecule has 2 aromatic rings. The maximum absolute atomic E-state index is 12.5. The molecule has 2 atom stereocenters. The van der Waals surface area contributed by atoms with Gasteiger partial charge in [-0.05, 0) is 42.2 Å². The van der Waals surface area contributed by atoms with Gasteiger partial charge in [-0.25, -0.2) is 4.99 Å². The lowest BCUT2D eigenvalue weighted by atomic mass is 10.1. The fraction of sp³-hybridized carbons (Fsp3) is 0.316. The van der Waals surface area contributed by atoms with Crippen molar-refractivity contribution in [2.24, 2.45) is 10.7 Å². The van der Waals surface area contributed by atoms with Crippen LogP contribution in [0, 0.1) is 0 Å². The van der Waals surface area contributed by atoms with E-state index in [1.807, 2.05) is 24.3 Å². The molecule has 0 aromatic heterocycles. The topological polar surface area (TPSA) is 59.6 Å². The first-order valence-electron chi connectivity index (χ1n) is 8.39. The predicted octanol–water partition coefficient (Wildman–Crippen LogP) is 4.43. The Kier molecular flexibility index (Phi) is 5.06.